The summed E-state index contributed by atoms with van der Waals surface area (Å²) >= 11 is 0. The summed E-state index contributed by atoms with van der Waals surface area (Å²) in [5.74, 6) is -0.984. The van der Waals surface area contributed by atoms with Crippen molar-refractivity contribution in [1.29, 1.82) is 0 Å². The summed E-state index contributed by atoms with van der Waals surface area (Å²) in [5.41, 5.74) is -0.0745. The Hall–Kier alpha value is -1.07. The van der Waals surface area contributed by atoms with Crippen molar-refractivity contribution in [3.05, 3.63) is 23.5 Å². The molecule has 0 aliphatic rings. The van der Waals surface area contributed by atoms with Gasteiger partial charge in [0, 0.05) is 11.0 Å². The fourth-order valence-electron chi connectivity index (χ4n) is 0.905. The molecule has 3 N–H and O–H groups in total. The maximum Gasteiger partial charge on any atom is 0.492 e. The zero-order chi connectivity index (χ0) is 9.30. The highest BCUT2D eigenvalue weighted by molar-refractivity contribution is 6.59. The van der Waals surface area contributed by atoms with E-state index in [1.807, 2.05) is 0 Å². The van der Waals surface area contributed by atoms with Crippen LogP contribution in [0.4, 0.5) is 4.39 Å². The summed E-state index contributed by atoms with van der Waals surface area (Å²) < 4.78 is 12.7. The number of benzene rings is 1. The molecule has 0 amide bonds. The standard InChI is InChI=1S/C7H8BFO3/c1-4-6(9)3-2-5(7(4)10)8(11)12/h2-3,10-12H,1H3. The smallest absolute Gasteiger partial charge is 0.492 e. The molecular weight excluding hydrogens is 162 g/mol. The van der Waals surface area contributed by atoms with E-state index < -0.39 is 18.7 Å². The molecule has 0 atom stereocenters. The highest BCUT2D eigenvalue weighted by Gasteiger charge is 2.18. The monoisotopic (exact) mass is 170 g/mol. The highest BCUT2D eigenvalue weighted by Crippen LogP contribution is 2.16. The maximum atomic E-state index is 12.7. The minimum absolute atomic E-state index is 0.0144. The first-order valence-corrected chi connectivity index (χ1v) is 3.38. The number of hydrogen-bond acceptors (Lipinski definition) is 3. The van der Waals surface area contributed by atoms with Gasteiger partial charge in [0.15, 0.2) is 0 Å². The van der Waals surface area contributed by atoms with E-state index in [0.29, 0.717) is 0 Å². The van der Waals surface area contributed by atoms with Crippen LogP contribution < -0.4 is 5.46 Å². The van der Waals surface area contributed by atoms with Gasteiger partial charge in [0.25, 0.3) is 0 Å². The molecule has 0 radical (unpaired) electrons. The molecule has 1 aromatic carbocycles. The quantitative estimate of drug-likeness (QED) is 0.498. The molecule has 64 valence electrons. The van der Waals surface area contributed by atoms with E-state index in [9.17, 15) is 9.50 Å². The predicted octanol–water partition coefficient (Wildman–Crippen LogP) is -0.480. The second-order valence-corrected chi connectivity index (χ2v) is 2.48. The number of hydrogen-bond donors (Lipinski definition) is 3. The van der Waals surface area contributed by atoms with Crippen LogP contribution in [0.3, 0.4) is 0 Å². The normalized spacial score (nSPS) is 10.0. The van der Waals surface area contributed by atoms with E-state index >= 15 is 0 Å². The fourth-order valence-corrected chi connectivity index (χ4v) is 0.905. The summed E-state index contributed by atoms with van der Waals surface area (Å²) in [6, 6.07) is 2.20. The van der Waals surface area contributed by atoms with Crippen molar-refractivity contribution in [2.45, 2.75) is 6.92 Å². The van der Waals surface area contributed by atoms with Gasteiger partial charge in [-0.05, 0) is 13.0 Å². The lowest BCUT2D eigenvalue weighted by Gasteiger charge is -2.05. The zero-order valence-electron chi connectivity index (χ0n) is 6.45. The van der Waals surface area contributed by atoms with E-state index in [2.05, 4.69) is 0 Å². The van der Waals surface area contributed by atoms with Gasteiger partial charge >= 0.3 is 7.12 Å². The van der Waals surface area contributed by atoms with Gasteiger partial charge in [-0.3, -0.25) is 0 Å². The van der Waals surface area contributed by atoms with Gasteiger partial charge in [-0.1, -0.05) is 6.07 Å². The molecule has 0 spiro atoms. The molecule has 1 rings (SSSR count). The third-order valence-corrected chi connectivity index (χ3v) is 1.67. The van der Waals surface area contributed by atoms with Crippen LogP contribution in [0.15, 0.2) is 12.1 Å². The largest absolute Gasteiger partial charge is 0.508 e. The summed E-state index contributed by atoms with van der Waals surface area (Å²) in [7, 11) is -1.77. The van der Waals surface area contributed by atoms with Gasteiger partial charge in [-0.2, -0.15) is 0 Å². The minimum Gasteiger partial charge on any atom is -0.508 e. The summed E-state index contributed by atoms with van der Waals surface area (Å²) in [6.07, 6.45) is 0. The van der Waals surface area contributed by atoms with E-state index in [-0.39, 0.29) is 11.0 Å². The Labute approximate surface area is 69.2 Å². The van der Waals surface area contributed by atoms with Crippen LogP contribution in [0.2, 0.25) is 0 Å². The lowest BCUT2D eigenvalue weighted by atomic mass is 9.78. The van der Waals surface area contributed by atoms with Gasteiger partial charge in [0.05, 0.1) is 0 Å². The van der Waals surface area contributed by atoms with Crippen molar-refractivity contribution in [1.82, 2.24) is 0 Å². The summed E-state index contributed by atoms with van der Waals surface area (Å²) in [5, 5.41) is 26.6. The second-order valence-electron chi connectivity index (χ2n) is 2.48. The van der Waals surface area contributed by atoms with Crippen LogP contribution in [-0.2, 0) is 0 Å². The van der Waals surface area contributed by atoms with Crippen LogP contribution in [0.5, 0.6) is 5.75 Å². The van der Waals surface area contributed by atoms with E-state index in [1.54, 1.807) is 0 Å². The molecular formula is C7H8BFO3. The molecule has 12 heavy (non-hydrogen) atoms. The average molecular weight is 170 g/mol. The van der Waals surface area contributed by atoms with Gasteiger partial charge < -0.3 is 15.2 Å². The van der Waals surface area contributed by atoms with Crippen molar-refractivity contribution >= 4 is 12.6 Å². The van der Waals surface area contributed by atoms with E-state index in [4.69, 9.17) is 10.0 Å². The van der Waals surface area contributed by atoms with Crippen LogP contribution in [0.1, 0.15) is 5.56 Å². The SMILES string of the molecule is Cc1c(F)ccc(B(O)O)c1O. The van der Waals surface area contributed by atoms with Gasteiger partial charge in [-0.25, -0.2) is 4.39 Å². The second kappa shape index (κ2) is 3.12. The van der Waals surface area contributed by atoms with E-state index in [0.717, 1.165) is 12.1 Å². The Morgan fingerprint density at radius 1 is 1.33 bits per heavy atom. The molecule has 0 fully saturated rings. The molecule has 3 nitrogen and oxygen atoms in total. The predicted molar refractivity (Wildman–Crippen MR) is 42.6 cm³/mol. The zero-order valence-corrected chi connectivity index (χ0v) is 6.45. The molecule has 0 saturated carbocycles. The minimum atomic E-state index is -1.77. The third kappa shape index (κ3) is 1.42. The van der Waals surface area contributed by atoms with Crippen LogP contribution in [0, 0.1) is 12.7 Å². The third-order valence-electron chi connectivity index (χ3n) is 1.67. The van der Waals surface area contributed by atoms with Gasteiger partial charge in [0.2, 0.25) is 0 Å². The van der Waals surface area contributed by atoms with Crippen LogP contribution >= 0.6 is 0 Å². The first kappa shape index (κ1) is 9.03. The molecule has 1 aromatic rings. The van der Waals surface area contributed by atoms with E-state index in [1.165, 1.54) is 6.92 Å². The number of phenolic OH excluding ortho intramolecular Hbond substituents is 1. The molecule has 0 saturated heterocycles. The van der Waals surface area contributed by atoms with Crippen molar-refractivity contribution in [3.8, 4) is 5.75 Å². The van der Waals surface area contributed by atoms with Gasteiger partial charge in [-0.15, -0.1) is 0 Å². The number of rotatable bonds is 1. The molecule has 0 bridgehead atoms. The van der Waals surface area contributed by atoms with Crippen molar-refractivity contribution in [2.75, 3.05) is 0 Å². The maximum absolute atomic E-state index is 12.7. The number of halogens is 1. The Bertz CT molecular complexity index is 301. The molecule has 5 heteroatoms. The fraction of sp³-hybridized carbons (Fsp3) is 0.143. The first-order chi connectivity index (χ1) is 5.54. The molecule has 0 aliphatic heterocycles. The molecule has 0 unspecified atom stereocenters. The molecule has 0 aromatic heterocycles. The lowest BCUT2D eigenvalue weighted by Crippen LogP contribution is -2.30. The Morgan fingerprint density at radius 2 is 1.92 bits per heavy atom. The van der Waals surface area contributed by atoms with Gasteiger partial charge in [0.1, 0.15) is 11.6 Å². The van der Waals surface area contributed by atoms with Crippen molar-refractivity contribution < 1.29 is 19.5 Å². The van der Waals surface area contributed by atoms with Crippen molar-refractivity contribution in [2.24, 2.45) is 0 Å². The Kier molecular flexibility index (Phi) is 2.35. The Balaban J connectivity index is 3.27. The average Bonchev–Trinajstić information content (AvgIpc) is 2.00. The first-order valence-electron chi connectivity index (χ1n) is 3.38. The van der Waals surface area contributed by atoms with Crippen molar-refractivity contribution in [3.63, 3.8) is 0 Å². The number of aromatic hydroxyl groups is 1. The molecule has 0 heterocycles. The topological polar surface area (TPSA) is 60.7 Å². The lowest BCUT2D eigenvalue weighted by molar-refractivity contribution is 0.418. The number of phenols is 1. The molecule has 0 aliphatic carbocycles. The van der Waals surface area contributed by atoms with Crippen LogP contribution in [0.25, 0.3) is 0 Å². The highest BCUT2D eigenvalue weighted by atomic mass is 19.1. The summed E-state index contributed by atoms with van der Waals surface area (Å²) in [4.78, 5) is 0. The van der Waals surface area contributed by atoms with Crippen LogP contribution in [-0.4, -0.2) is 22.3 Å². The Morgan fingerprint density at radius 3 is 2.42 bits per heavy atom. The summed E-state index contributed by atoms with van der Waals surface area (Å²) in [6.45, 7) is 1.36.